The van der Waals surface area contributed by atoms with Crippen molar-refractivity contribution in [2.45, 2.75) is 98.6 Å². The van der Waals surface area contributed by atoms with Gasteiger partial charge in [-0.05, 0) is 0 Å². The number of allylic oxidation sites excluding steroid dienone is 6. The molecular formula is C27H33EuF15O6. The summed E-state index contributed by atoms with van der Waals surface area (Å²) in [6.45, 7) is 12.2. The van der Waals surface area contributed by atoms with E-state index >= 15 is 0 Å². The Kier molecular flexibility index (Phi) is 19.4. The first-order valence-corrected chi connectivity index (χ1v) is 12.6. The van der Waals surface area contributed by atoms with Gasteiger partial charge < -0.3 is 15.3 Å². The van der Waals surface area contributed by atoms with E-state index in [9.17, 15) is 80.2 Å². The monoisotopic (exact) mass is 891 g/mol. The molecule has 0 aliphatic rings. The molecule has 0 aromatic rings. The average Bonchev–Trinajstić information content (AvgIpc) is 2.80. The maximum atomic E-state index is 12.4. The van der Waals surface area contributed by atoms with Crippen LogP contribution >= 0.6 is 0 Å². The number of carbonyl (C=O) groups excluding carboxylic acids is 3. The molecule has 0 aromatic heterocycles. The maximum absolute atomic E-state index is 12.4. The van der Waals surface area contributed by atoms with E-state index in [4.69, 9.17) is 15.3 Å². The van der Waals surface area contributed by atoms with Crippen LogP contribution in [0.2, 0.25) is 0 Å². The van der Waals surface area contributed by atoms with Crippen LogP contribution < -0.4 is 0 Å². The van der Waals surface area contributed by atoms with Crippen molar-refractivity contribution in [3.8, 4) is 0 Å². The molecule has 0 aliphatic heterocycles. The number of hydrogen-bond donors (Lipinski definition) is 3. The zero-order valence-corrected chi connectivity index (χ0v) is 29.3. The molecule has 0 unspecified atom stereocenters. The van der Waals surface area contributed by atoms with E-state index in [2.05, 4.69) is 0 Å². The van der Waals surface area contributed by atoms with Crippen molar-refractivity contribution >= 4 is 17.3 Å². The maximum Gasteiger partial charge on any atom is 0.461 e. The summed E-state index contributed by atoms with van der Waals surface area (Å²) in [6, 6.07) is 0. The van der Waals surface area contributed by atoms with E-state index in [-0.39, 0.29) is 67.6 Å². The van der Waals surface area contributed by atoms with Crippen LogP contribution in [0.25, 0.3) is 0 Å². The largest absolute Gasteiger partial charge is 0.512 e. The SMILES string of the molecule is CC(C)(C)/C(O)=C/C(=O)C(F)(F)C(F)(F)F.CC(C)(C)/C(O)=C/C(=O)C(F)(F)C(F)(F)F.CC(C)(C)/C(O)=C/C(=O)C(F)(F)C(F)(F)F.[Eu]. The summed E-state index contributed by atoms with van der Waals surface area (Å²) < 4.78 is 180. The van der Waals surface area contributed by atoms with Gasteiger partial charge in [0.05, 0.1) is 0 Å². The number of ketones is 3. The molecule has 22 heteroatoms. The molecule has 0 rings (SSSR count). The summed E-state index contributed by atoms with van der Waals surface area (Å²) in [7, 11) is 0. The van der Waals surface area contributed by atoms with Crippen LogP contribution in [-0.2, 0) is 14.4 Å². The number of hydrogen-bond acceptors (Lipinski definition) is 6. The number of aliphatic hydroxyl groups is 3. The summed E-state index contributed by atoms with van der Waals surface area (Å²) in [4.78, 5) is 32.0. The topological polar surface area (TPSA) is 112 Å². The molecular weight excluding hydrogens is 857 g/mol. The fourth-order valence-electron chi connectivity index (χ4n) is 1.71. The molecule has 289 valence electrons. The van der Waals surface area contributed by atoms with Gasteiger partial charge in [-0.1, -0.05) is 62.3 Å². The second kappa shape index (κ2) is 17.6. The summed E-state index contributed by atoms with van der Waals surface area (Å²) in [5.74, 6) is -26.4. The van der Waals surface area contributed by atoms with Crippen LogP contribution in [0.4, 0.5) is 65.9 Å². The molecule has 0 saturated carbocycles. The first-order chi connectivity index (χ1) is 20.4. The van der Waals surface area contributed by atoms with E-state index < -0.39 is 87.2 Å². The van der Waals surface area contributed by atoms with E-state index in [0.717, 1.165) is 0 Å². The molecule has 0 aromatic carbocycles. The van der Waals surface area contributed by atoms with Crippen molar-refractivity contribution in [2.75, 3.05) is 0 Å². The number of aliphatic hydroxyl groups excluding tert-OH is 3. The number of rotatable bonds is 6. The Morgan fingerprint density at radius 1 is 0.367 bits per heavy atom. The summed E-state index contributed by atoms with van der Waals surface area (Å²) in [5.41, 5.74) is -3.22. The van der Waals surface area contributed by atoms with Crippen molar-refractivity contribution in [3.63, 3.8) is 0 Å². The van der Waals surface area contributed by atoms with Crippen LogP contribution in [0.1, 0.15) is 62.3 Å². The third kappa shape index (κ3) is 16.8. The predicted molar refractivity (Wildman–Crippen MR) is 139 cm³/mol. The molecule has 0 bridgehead atoms. The Labute approximate surface area is 311 Å². The second-order valence-electron chi connectivity index (χ2n) is 12.6. The zero-order chi connectivity index (χ0) is 40.1. The van der Waals surface area contributed by atoms with Gasteiger partial charge >= 0.3 is 36.3 Å². The van der Waals surface area contributed by atoms with Crippen molar-refractivity contribution in [2.24, 2.45) is 16.2 Å². The van der Waals surface area contributed by atoms with Gasteiger partial charge in [0.1, 0.15) is 17.3 Å². The van der Waals surface area contributed by atoms with Crippen molar-refractivity contribution in [1.82, 2.24) is 0 Å². The molecule has 0 aliphatic carbocycles. The van der Waals surface area contributed by atoms with Gasteiger partial charge in [-0.15, -0.1) is 0 Å². The molecule has 0 heterocycles. The summed E-state index contributed by atoms with van der Waals surface area (Å²) in [5, 5.41) is 27.4. The first-order valence-electron chi connectivity index (χ1n) is 12.6. The molecule has 49 heavy (non-hydrogen) atoms. The molecule has 0 saturated heterocycles. The Balaban J connectivity index is -0.000000307. The van der Waals surface area contributed by atoms with Gasteiger partial charge in [0.25, 0.3) is 0 Å². The molecule has 0 amide bonds. The third-order valence-electron chi connectivity index (χ3n) is 5.11. The van der Waals surface area contributed by atoms with Gasteiger partial charge in [-0.2, -0.15) is 65.9 Å². The average molecular weight is 890 g/mol. The summed E-state index contributed by atoms with van der Waals surface area (Å²) >= 11 is 0. The van der Waals surface area contributed by atoms with Gasteiger partial charge in [-0.3, -0.25) is 14.4 Å². The van der Waals surface area contributed by atoms with Crippen LogP contribution in [-0.4, -0.2) is 69.0 Å². The van der Waals surface area contributed by atoms with Crippen molar-refractivity contribution in [1.29, 1.82) is 0 Å². The minimum atomic E-state index is -5.96. The van der Waals surface area contributed by atoms with E-state index in [1.807, 2.05) is 0 Å². The quantitative estimate of drug-likeness (QED) is 0.139. The predicted octanol–water partition coefficient (Wildman–Crippen LogP) is 9.72. The molecule has 0 atom stereocenters. The summed E-state index contributed by atoms with van der Waals surface area (Å²) in [6.07, 6.45) is -18.1. The van der Waals surface area contributed by atoms with Crippen LogP contribution in [0.15, 0.2) is 35.5 Å². The second-order valence-corrected chi connectivity index (χ2v) is 12.6. The number of halogens is 15. The standard InChI is InChI=1S/3C9H11F5O2.Eu/c3*1-7(2,3)5(15)4-6(16)8(10,11)9(12,13)14;/h3*4,15H,1-3H3;/b3*5-4-;. The third-order valence-corrected chi connectivity index (χ3v) is 5.11. The minimum Gasteiger partial charge on any atom is -0.512 e. The smallest absolute Gasteiger partial charge is 0.461 e. The van der Waals surface area contributed by atoms with Crippen molar-refractivity contribution in [3.05, 3.63) is 35.5 Å². The fraction of sp³-hybridized carbons (Fsp3) is 0.667. The number of alkyl halides is 15. The van der Waals surface area contributed by atoms with Gasteiger partial charge in [-0.25, -0.2) is 0 Å². The van der Waals surface area contributed by atoms with E-state index in [1.165, 1.54) is 62.3 Å². The molecule has 1 radical (unpaired) electrons. The number of carbonyl (C=O) groups is 3. The van der Waals surface area contributed by atoms with Gasteiger partial charge in [0.15, 0.2) is 0 Å². The van der Waals surface area contributed by atoms with Crippen LogP contribution in [0, 0.1) is 65.6 Å². The minimum absolute atomic E-state index is 0. The normalized spacial score (nSPS) is 14.8. The van der Waals surface area contributed by atoms with E-state index in [0.29, 0.717) is 0 Å². The molecule has 0 spiro atoms. The fourth-order valence-corrected chi connectivity index (χ4v) is 1.71. The molecule has 0 fully saturated rings. The Bertz CT molecular complexity index is 1090. The van der Waals surface area contributed by atoms with Crippen LogP contribution in [0.5, 0.6) is 0 Å². The first kappa shape index (κ1) is 53.9. The molecule has 6 nitrogen and oxygen atoms in total. The zero-order valence-electron chi connectivity index (χ0n) is 26.8. The van der Waals surface area contributed by atoms with Crippen molar-refractivity contribution < 1.29 is 145 Å². The Morgan fingerprint density at radius 2 is 0.490 bits per heavy atom. The Hall–Kier alpha value is -1.84. The van der Waals surface area contributed by atoms with Crippen LogP contribution in [0.3, 0.4) is 0 Å². The van der Waals surface area contributed by atoms with E-state index in [1.54, 1.807) is 0 Å². The Morgan fingerprint density at radius 3 is 0.571 bits per heavy atom. The molecule has 3 N–H and O–H groups in total. The van der Waals surface area contributed by atoms with Gasteiger partial charge in [0.2, 0.25) is 17.3 Å². The van der Waals surface area contributed by atoms with Gasteiger partial charge in [0, 0.05) is 83.8 Å².